The molecule has 3 aromatic rings. The highest BCUT2D eigenvalue weighted by Crippen LogP contribution is 2.29. The van der Waals surface area contributed by atoms with E-state index in [-0.39, 0.29) is 24.8 Å². The maximum absolute atomic E-state index is 12.1. The Morgan fingerprint density at radius 3 is 2.69 bits per heavy atom. The molecule has 0 atom stereocenters. The zero-order valence-electron chi connectivity index (χ0n) is 19.0. The van der Waals surface area contributed by atoms with Gasteiger partial charge in [-0.25, -0.2) is 5.43 Å². The number of nitrogens with zero attached hydrogens (tertiary/aromatic N) is 3. The predicted octanol–water partition coefficient (Wildman–Crippen LogP) is 4.86. The molecule has 2 N–H and O–H groups in total. The summed E-state index contributed by atoms with van der Waals surface area (Å²) in [7, 11) is 1.53. The third-order valence-corrected chi connectivity index (χ3v) is 5.92. The Bertz CT molecular complexity index is 1220. The van der Waals surface area contributed by atoms with E-state index in [1.807, 2.05) is 6.92 Å². The molecule has 0 aliphatic carbocycles. The van der Waals surface area contributed by atoms with Gasteiger partial charge in [-0.3, -0.25) is 9.59 Å². The Hall–Kier alpha value is -3.21. The minimum atomic E-state index is -0.365. The second-order valence-electron chi connectivity index (χ2n) is 7.20. The van der Waals surface area contributed by atoms with E-state index in [0.717, 1.165) is 23.3 Å². The van der Waals surface area contributed by atoms with Crippen molar-refractivity contribution in [2.75, 3.05) is 12.4 Å². The number of ether oxygens (including phenoxy) is 2. The number of rotatable bonds is 11. The highest BCUT2D eigenvalue weighted by atomic mass is 35.5. The van der Waals surface area contributed by atoms with E-state index in [1.165, 1.54) is 13.3 Å². The van der Waals surface area contributed by atoms with Crippen LogP contribution in [0.3, 0.4) is 0 Å². The van der Waals surface area contributed by atoms with Gasteiger partial charge < -0.3 is 14.8 Å². The van der Waals surface area contributed by atoms with E-state index in [4.69, 9.17) is 32.7 Å². The van der Waals surface area contributed by atoms with Crippen LogP contribution in [-0.4, -0.2) is 35.3 Å². The Labute approximate surface area is 216 Å². The summed E-state index contributed by atoms with van der Waals surface area (Å²) in [6, 6.07) is 10.4. The molecule has 9 nitrogen and oxygen atoms in total. The molecule has 2 amide bonds. The van der Waals surface area contributed by atoms with Gasteiger partial charge in [0.05, 0.1) is 19.7 Å². The maximum atomic E-state index is 12.1. The number of benzene rings is 2. The lowest BCUT2D eigenvalue weighted by Gasteiger charge is -2.12. The van der Waals surface area contributed by atoms with Gasteiger partial charge in [0, 0.05) is 22.0 Å². The van der Waals surface area contributed by atoms with Crippen molar-refractivity contribution in [1.82, 2.24) is 15.6 Å². The lowest BCUT2D eigenvalue weighted by molar-refractivity contribution is -0.120. The van der Waals surface area contributed by atoms with Gasteiger partial charge in [0.1, 0.15) is 11.6 Å². The highest BCUT2D eigenvalue weighted by Gasteiger charge is 2.11. The fraction of sp³-hybridized carbons (Fsp3) is 0.261. The van der Waals surface area contributed by atoms with Crippen LogP contribution < -0.4 is 20.2 Å². The molecule has 0 fully saturated rings. The molecule has 0 spiro atoms. The average molecular weight is 536 g/mol. The normalized spacial score (nSPS) is 10.9. The number of hydrogen-bond acceptors (Lipinski definition) is 8. The topological polar surface area (TPSA) is 115 Å². The van der Waals surface area contributed by atoms with Gasteiger partial charge in [-0.05, 0) is 42.3 Å². The summed E-state index contributed by atoms with van der Waals surface area (Å²) in [6.07, 6.45) is 2.61. The summed E-state index contributed by atoms with van der Waals surface area (Å²) >= 11 is 13.3. The molecule has 0 radical (unpaired) electrons. The lowest BCUT2D eigenvalue weighted by atomic mass is 10.2. The lowest BCUT2D eigenvalue weighted by Crippen LogP contribution is -2.19. The van der Waals surface area contributed by atoms with Gasteiger partial charge in [0.2, 0.25) is 16.9 Å². The monoisotopic (exact) mass is 535 g/mol. The number of amides is 2. The third-order valence-electron chi connectivity index (χ3n) is 4.49. The second kappa shape index (κ2) is 13.0. The third kappa shape index (κ3) is 8.20. The molecule has 0 aliphatic rings. The maximum Gasteiger partial charge on any atom is 0.247 e. The molecule has 0 bridgehead atoms. The first-order valence-corrected chi connectivity index (χ1v) is 12.1. The number of aromatic nitrogens is 2. The summed E-state index contributed by atoms with van der Waals surface area (Å²) in [5.41, 5.74) is 3.92. The van der Waals surface area contributed by atoms with E-state index in [9.17, 15) is 9.59 Å². The summed E-state index contributed by atoms with van der Waals surface area (Å²) in [5, 5.41) is 16.3. The summed E-state index contributed by atoms with van der Waals surface area (Å²) in [5.74, 6) is 0.523. The van der Waals surface area contributed by atoms with Crippen molar-refractivity contribution in [2.24, 2.45) is 5.10 Å². The number of hydrogen-bond donors (Lipinski definition) is 2. The Kier molecular flexibility index (Phi) is 9.83. The molecular weight excluding hydrogens is 513 g/mol. The van der Waals surface area contributed by atoms with Crippen molar-refractivity contribution in [3.8, 4) is 11.5 Å². The largest absolute Gasteiger partial charge is 0.493 e. The van der Waals surface area contributed by atoms with Gasteiger partial charge in [-0.15, -0.1) is 10.2 Å². The van der Waals surface area contributed by atoms with Crippen molar-refractivity contribution in [3.63, 3.8) is 0 Å². The Morgan fingerprint density at radius 1 is 1.11 bits per heavy atom. The van der Waals surface area contributed by atoms with Crippen LogP contribution in [0, 0.1) is 0 Å². The number of halogens is 2. The fourth-order valence-electron chi connectivity index (χ4n) is 2.82. The van der Waals surface area contributed by atoms with Gasteiger partial charge in [0.25, 0.3) is 0 Å². The number of carbonyl (C=O) groups excluding carboxylic acids is 2. The molecule has 3 rings (SSSR count). The van der Waals surface area contributed by atoms with Gasteiger partial charge in [0.15, 0.2) is 11.5 Å². The molecule has 184 valence electrons. The first kappa shape index (κ1) is 26.4. The molecule has 1 aromatic heterocycles. The number of anilines is 1. The van der Waals surface area contributed by atoms with Crippen LogP contribution in [0.2, 0.25) is 10.0 Å². The van der Waals surface area contributed by atoms with E-state index in [2.05, 4.69) is 26.0 Å². The number of carbonyl (C=O) groups is 2. The molecule has 0 saturated heterocycles. The van der Waals surface area contributed by atoms with E-state index in [1.54, 1.807) is 36.4 Å². The van der Waals surface area contributed by atoms with Crippen LogP contribution in [-0.2, 0) is 22.6 Å². The van der Waals surface area contributed by atoms with Gasteiger partial charge in [-0.1, -0.05) is 47.5 Å². The van der Waals surface area contributed by atoms with E-state index >= 15 is 0 Å². The van der Waals surface area contributed by atoms with Crippen LogP contribution in [0.25, 0.3) is 0 Å². The van der Waals surface area contributed by atoms with Gasteiger partial charge >= 0.3 is 0 Å². The minimum Gasteiger partial charge on any atom is -0.493 e. The first-order valence-electron chi connectivity index (χ1n) is 10.6. The van der Waals surface area contributed by atoms with Crippen LogP contribution in [0.15, 0.2) is 41.5 Å². The predicted molar refractivity (Wildman–Crippen MR) is 137 cm³/mol. The smallest absolute Gasteiger partial charge is 0.247 e. The van der Waals surface area contributed by atoms with Crippen molar-refractivity contribution in [2.45, 2.75) is 32.8 Å². The first-order chi connectivity index (χ1) is 16.9. The molecule has 0 aliphatic heterocycles. The summed E-state index contributed by atoms with van der Waals surface area (Å²) < 4.78 is 11.2. The summed E-state index contributed by atoms with van der Waals surface area (Å²) in [6.45, 7) is 2.15. The molecular formula is C23H23Cl2N5O4S. The van der Waals surface area contributed by atoms with Crippen molar-refractivity contribution >= 4 is 57.7 Å². The molecule has 1 heterocycles. The zero-order valence-corrected chi connectivity index (χ0v) is 21.3. The number of hydrazone groups is 1. The van der Waals surface area contributed by atoms with E-state index in [0.29, 0.717) is 43.7 Å². The second-order valence-corrected chi connectivity index (χ2v) is 9.11. The van der Waals surface area contributed by atoms with Crippen molar-refractivity contribution < 1.29 is 19.1 Å². The fourth-order valence-corrected chi connectivity index (χ4v) is 4.04. The van der Waals surface area contributed by atoms with Crippen LogP contribution in [0.4, 0.5) is 5.13 Å². The Balaban J connectivity index is 1.52. The molecule has 35 heavy (non-hydrogen) atoms. The van der Waals surface area contributed by atoms with Crippen LogP contribution >= 0.6 is 34.5 Å². The number of methoxy groups -OCH3 is 1. The molecule has 12 heteroatoms. The summed E-state index contributed by atoms with van der Waals surface area (Å²) in [4.78, 5) is 23.8. The standard InChI is InChI=1S/C23H23Cl2N5O4S/c1-3-4-20(31)27-23-30-29-22(35-23)11-21(32)28-26-12-14-5-8-18(19(9-14)33-2)34-13-15-6-7-16(24)10-17(15)25/h5-10,12H,3-4,11,13H2,1-2H3,(H,28,32)(H,27,30,31). The minimum absolute atomic E-state index is 0.0119. The molecule has 2 aromatic carbocycles. The van der Waals surface area contributed by atoms with E-state index < -0.39 is 0 Å². The molecule has 0 unspecified atom stereocenters. The average Bonchev–Trinajstić information content (AvgIpc) is 3.25. The SMILES string of the molecule is CCCC(=O)Nc1nnc(CC(=O)NN=Cc2ccc(OCc3ccc(Cl)cc3Cl)c(OC)c2)s1. The Morgan fingerprint density at radius 2 is 1.94 bits per heavy atom. The zero-order chi connectivity index (χ0) is 25.2. The van der Waals surface area contributed by atoms with Crippen molar-refractivity contribution in [3.05, 3.63) is 62.6 Å². The van der Waals surface area contributed by atoms with Gasteiger partial charge in [-0.2, -0.15) is 5.10 Å². The quantitative estimate of drug-likeness (QED) is 0.267. The highest BCUT2D eigenvalue weighted by molar-refractivity contribution is 7.15. The van der Waals surface area contributed by atoms with Crippen molar-refractivity contribution in [1.29, 1.82) is 0 Å². The number of nitrogens with one attached hydrogen (secondary N) is 2. The molecule has 0 saturated carbocycles. The van der Waals surface area contributed by atoms with Crippen LogP contribution in [0.5, 0.6) is 11.5 Å². The van der Waals surface area contributed by atoms with Crippen LogP contribution in [0.1, 0.15) is 35.9 Å².